The normalized spacial score (nSPS) is 12.7. The number of rotatable bonds is 8. The van der Waals surface area contributed by atoms with Gasteiger partial charge in [0.05, 0.1) is 12.6 Å². The van der Waals surface area contributed by atoms with E-state index in [4.69, 9.17) is 14.6 Å². The number of carboxylic acids is 1. The number of carbonyl (C=O) groups excluding carboxylic acids is 2. The fourth-order valence-corrected chi connectivity index (χ4v) is 3.25. The number of carboxylic acid groups (broad SMARTS) is 1. The number of hydrogen-bond donors (Lipinski definition) is 4. The standard InChI is InChI=1S/C15H21NO4.C15H23NO3/c1-10-5-7-11(8-6-10)9-12(13(17)18)16-14(19)20-15(2,3)4;1-11-5-7-12(8-6-11)9-13(10-17)16-14(18)19-15(2,3)4/h5-8,12H,9H2,1-4H3,(H,16,19)(H,17,18);5-8,13,17H,9-10H2,1-4H3,(H,16,18)/t12-;13-/m00/s1. The molecule has 4 N–H and O–H groups in total. The van der Waals surface area contributed by atoms with Crippen LogP contribution in [0.1, 0.15) is 63.8 Å². The van der Waals surface area contributed by atoms with Crippen LogP contribution in [-0.2, 0) is 27.1 Å². The number of carbonyl (C=O) groups is 3. The van der Waals surface area contributed by atoms with Crippen molar-refractivity contribution in [3.05, 3.63) is 70.8 Å². The minimum Gasteiger partial charge on any atom is -0.480 e. The number of aliphatic hydroxyl groups is 1. The molecular formula is C30H44N2O7. The van der Waals surface area contributed by atoms with E-state index in [1.54, 1.807) is 41.5 Å². The molecule has 2 amide bonds. The minimum absolute atomic E-state index is 0.118. The van der Waals surface area contributed by atoms with Crippen LogP contribution in [0.25, 0.3) is 0 Å². The predicted molar refractivity (Wildman–Crippen MR) is 151 cm³/mol. The van der Waals surface area contributed by atoms with Crippen LogP contribution in [0.5, 0.6) is 0 Å². The number of aliphatic hydroxyl groups excluding tert-OH is 1. The zero-order valence-corrected chi connectivity index (χ0v) is 24.3. The average Bonchev–Trinajstić information content (AvgIpc) is 2.79. The first kappa shape index (κ1) is 33.4. The monoisotopic (exact) mass is 544 g/mol. The molecule has 0 aliphatic heterocycles. The Hall–Kier alpha value is -3.59. The summed E-state index contributed by atoms with van der Waals surface area (Å²) in [4.78, 5) is 34.5. The molecule has 9 nitrogen and oxygen atoms in total. The molecule has 0 radical (unpaired) electrons. The summed E-state index contributed by atoms with van der Waals surface area (Å²) in [5, 5.41) is 23.5. The summed E-state index contributed by atoms with van der Waals surface area (Å²) in [5.41, 5.74) is 3.01. The molecule has 0 saturated carbocycles. The third-order valence-corrected chi connectivity index (χ3v) is 5.09. The van der Waals surface area contributed by atoms with E-state index < -0.39 is 35.4 Å². The number of hydrogen-bond acceptors (Lipinski definition) is 6. The average molecular weight is 545 g/mol. The highest BCUT2D eigenvalue weighted by Gasteiger charge is 2.24. The lowest BCUT2D eigenvalue weighted by molar-refractivity contribution is -0.139. The van der Waals surface area contributed by atoms with Gasteiger partial charge in [-0.15, -0.1) is 0 Å². The maximum Gasteiger partial charge on any atom is 0.408 e. The molecule has 2 aromatic rings. The number of ether oxygens (including phenoxy) is 2. The van der Waals surface area contributed by atoms with Gasteiger partial charge in [0.2, 0.25) is 0 Å². The molecule has 0 unspecified atom stereocenters. The van der Waals surface area contributed by atoms with E-state index in [-0.39, 0.29) is 19.1 Å². The van der Waals surface area contributed by atoms with Crippen molar-refractivity contribution >= 4 is 18.2 Å². The van der Waals surface area contributed by atoms with Crippen LogP contribution < -0.4 is 10.6 Å². The molecule has 39 heavy (non-hydrogen) atoms. The fourth-order valence-electron chi connectivity index (χ4n) is 3.25. The highest BCUT2D eigenvalue weighted by atomic mass is 16.6. The number of benzene rings is 2. The van der Waals surface area contributed by atoms with Gasteiger partial charge in [-0.05, 0) is 72.9 Å². The van der Waals surface area contributed by atoms with Gasteiger partial charge in [0.15, 0.2) is 0 Å². The van der Waals surface area contributed by atoms with Gasteiger partial charge in [0, 0.05) is 6.42 Å². The van der Waals surface area contributed by atoms with Crippen LogP contribution in [-0.4, -0.2) is 58.3 Å². The van der Waals surface area contributed by atoms with Crippen LogP contribution in [0.4, 0.5) is 9.59 Å². The lowest BCUT2D eigenvalue weighted by atomic mass is 10.0. The van der Waals surface area contributed by atoms with E-state index in [0.717, 1.165) is 16.7 Å². The van der Waals surface area contributed by atoms with Crippen LogP contribution >= 0.6 is 0 Å². The summed E-state index contributed by atoms with van der Waals surface area (Å²) in [5.74, 6) is -1.09. The van der Waals surface area contributed by atoms with Crippen LogP contribution in [0.2, 0.25) is 0 Å². The second-order valence-corrected chi connectivity index (χ2v) is 11.4. The molecule has 2 aromatic carbocycles. The van der Waals surface area contributed by atoms with Gasteiger partial charge >= 0.3 is 18.2 Å². The Kier molecular flexibility index (Phi) is 13.0. The van der Waals surface area contributed by atoms with Crippen LogP contribution in [0, 0.1) is 13.8 Å². The lowest BCUT2D eigenvalue weighted by Crippen LogP contribution is -2.44. The quantitative estimate of drug-likeness (QED) is 0.370. The second-order valence-electron chi connectivity index (χ2n) is 11.4. The first-order valence-corrected chi connectivity index (χ1v) is 12.9. The third-order valence-electron chi connectivity index (χ3n) is 5.09. The zero-order chi connectivity index (χ0) is 29.8. The van der Waals surface area contributed by atoms with E-state index >= 15 is 0 Å². The maximum atomic E-state index is 11.6. The Morgan fingerprint density at radius 1 is 0.718 bits per heavy atom. The molecule has 0 aromatic heterocycles. The summed E-state index contributed by atoms with van der Waals surface area (Å²) in [6.45, 7) is 14.4. The number of aryl methyl sites for hydroxylation is 2. The van der Waals surface area contributed by atoms with Crippen molar-refractivity contribution in [2.45, 2.75) is 91.5 Å². The van der Waals surface area contributed by atoms with Gasteiger partial charge in [-0.2, -0.15) is 0 Å². The van der Waals surface area contributed by atoms with E-state index in [2.05, 4.69) is 10.6 Å². The Labute approximate surface area is 231 Å². The zero-order valence-electron chi connectivity index (χ0n) is 24.3. The maximum absolute atomic E-state index is 11.6. The molecule has 0 fully saturated rings. The van der Waals surface area contributed by atoms with Crippen molar-refractivity contribution in [1.29, 1.82) is 0 Å². The first-order chi connectivity index (χ1) is 18.0. The Balaban J connectivity index is 0.000000391. The van der Waals surface area contributed by atoms with Gasteiger partial charge in [0.1, 0.15) is 17.2 Å². The SMILES string of the molecule is Cc1ccc(C[C@@H](CO)NC(=O)OC(C)(C)C)cc1.Cc1ccc(C[C@H](NC(=O)OC(C)(C)C)C(=O)O)cc1. The molecular weight excluding hydrogens is 500 g/mol. The smallest absolute Gasteiger partial charge is 0.408 e. The van der Waals surface area contributed by atoms with Crippen molar-refractivity contribution in [3.8, 4) is 0 Å². The Bertz CT molecular complexity index is 1050. The van der Waals surface area contributed by atoms with Gasteiger partial charge in [-0.3, -0.25) is 0 Å². The molecule has 2 atom stereocenters. The third kappa shape index (κ3) is 15.4. The molecule has 216 valence electrons. The minimum atomic E-state index is -1.09. The topological polar surface area (TPSA) is 134 Å². The van der Waals surface area contributed by atoms with E-state index in [1.165, 1.54) is 5.56 Å². The van der Waals surface area contributed by atoms with E-state index in [1.807, 2.05) is 62.4 Å². The molecule has 9 heteroatoms. The van der Waals surface area contributed by atoms with Gasteiger partial charge < -0.3 is 30.3 Å². The molecule has 0 spiro atoms. The molecule has 0 saturated heterocycles. The number of alkyl carbamates (subject to hydrolysis) is 2. The predicted octanol–water partition coefficient (Wildman–Crippen LogP) is 4.94. The molecule has 0 bridgehead atoms. The lowest BCUT2D eigenvalue weighted by Gasteiger charge is -2.22. The van der Waals surface area contributed by atoms with Crippen molar-refractivity contribution < 1.29 is 34.1 Å². The van der Waals surface area contributed by atoms with Gasteiger partial charge in [-0.25, -0.2) is 14.4 Å². The van der Waals surface area contributed by atoms with Crippen LogP contribution in [0.15, 0.2) is 48.5 Å². The Morgan fingerprint density at radius 3 is 1.46 bits per heavy atom. The van der Waals surface area contributed by atoms with E-state index in [9.17, 15) is 19.5 Å². The summed E-state index contributed by atoms with van der Waals surface area (Å²) in [7, 11) is 0. The van der Waals surface area contributed by atoms with Gasteiger partial charge in [0.25, 0.3) is 0 Å². The number of nitrogens with one attached hydrogen (secondary N) is 2. The summed E-state index contributed by atoms with van der Waals surface area (Å²) in [6, 6.07) is 14.2. The van der Waals surface area contributed by atoms with Gasteiger partial charge in [-0.1, -0.05) is 59.7 Å². The Morgan fingerprint density at radius 2 is 1.10 bits per heavy atom. The largest absolute Gasteiger partial charge is 0.480 e. The van der Waals surface area contributed by atoms with Crippen molar-refractivity contribution in [3.63, 3.8) is 0 Å². The number of aliphatic carboxylic acids is 1. The second kappa shape index (κ2) is 15.1. The van der Waals surface area contributed by atoms with Crippen molar-refractivity contribution in [2.75, 3.05) is 6.61 Å². The molecule has 0 heterocycles. The molecule has 2 rings (SSSR count). The summed E-state index contributed by atoms with van der Waals surface area (Å²) < 4.78 is 10.2. The molecule has 0 aliphatic rings. The fraction of sp³-hybridized carbons (Fsp3) is 0.500. The summed E-state index contributed by atoms with van der Waals surface area (Å²) >= 11 is 0. The first-order valence-electron chi connectivity index (χ1n) is 12.9. The summed E-state index contributed by atoms with van der Waals surface area (Å²) in [6.07, 6.45) is -0.430. The van der Waals surface area contributed by atoms with E-state index in [0.29, 0.717) is 6.42 Å². The van der Waals surface area contributed by atoms with Crippen molar-refractivity contribution in [2.24, 2.45) is 0 Å². The highest BCUT2D eigenvalue weighted by Crippen LogP contribution is 2.11. The van der Waals surface area contributed by atoms with Crippen LogP contribution in [0.3, 0.4) is 0 Å². The van der Waals surface area contributed by atoms with Crippen molar-refractivity contribution in [1.82, 2.24) is 10.6 Å². The highest BCUT2D eigenvalue weighted by molar-refractivity contribution is 5.80. The number of amides is 2. The molecule has 0 aliphatic carbocycles.